The van der Waals surface area contributed by atoms with Crippen molar-refractivity contribution >= 4 is 116 Å². The highest BCUT2D eigenvalue weighted by Crippen LogP contribution is 2.24. The number of imidazole rings is 4. The van der Waals surface area contributed by atoms with Gasteiger partial charge < -0.3 is 18.7 Å². The van der Waals surface area contributed by atoms with Crippen LogP contribution in [0.4, 0.5) is 0 Å². The van der Waals surface area contributed by atoms with Crippen molar-refractivity contribution in [3.8, 4) is 0 Å². The van der Waals surface area contributed by atoms with Crippen molar-refractivity contribution in [2.45, 2.75) is 392 Å². The van der Waals surface area contributed by atoms with Crippen LogP contribution in [-0.4, -0.2) is 154 Å². The maximum Gasteiger partial charge on any atom is 0.329 e. The van der Waals surface area contributed by atoms with E-state index in [1.54, 1.807) is 49.7 Å². The third-order valence-electron chi connectivity index (χ3n) is 23.2. The van der Waals surface area contributed by atoms with Crippen molar-refractivity contribution in [1.29, 1.82) is 0 Å². The van der Waals surface area contributed by atoms with Crippen LogP contribution >= 0.6 is 71.0 Å². The fourth-order valence-electron chi connectivity index (χ4n) is 15.7. The van der Waals surface area contributed by atoms with Gasteiger partial charge in [0.25, 0.3) is 16.7 Å². The summed E-state index contributed by atoms with van der Waals surface area (Å²) in [6.07, 6.45) is 85.4. The number of tetrazole rings is 3. The van der Waals surface area contributed by atoms with Gasteiger partial charge in [-0.15, -0.1) is 30.6 Å². The third-order valence-corrected chi connectivity index (χ3v) is 25.3. The second-order valence-corrected chi connectivity index (χ2v) is 36.7. The van der Waals surface area contributed by atoms with Crippen molar-refractivity contribution in [3.05, 3.63) is 117 Å². The number of hydrogen-bond donors (Lipinski definition) is 5. The Morgan fingerprint density at radius 3 is 0.907 bits per heavy atom. The summed E-state index contributed by atoms with van der Waals surface area (Å²) < 4.78 is 9.80. The van der Waals surface area contributed by atoms with Crippen LogP contribution in [0.5, 0.6) is 0 Å². The predicted octanol–water partition coefficient (Wildman–Crippen LogP) is 20.5. The Bertz CT molecular complexity index is 4950. The largest absolute Gasteiger partial charge is 0.339 e. The number of hydrogen-bond acceptors (Lipinski definition) is 21. The molecule has 0 bridgehead atoms. The molecule has 39 heteroatoms. The lowest BCUT2D eigenvalue weighted by atomic mass is 10.0. The quantitative estimate of drug-likeness (QED) is 0.0102. The summed E-state index contributed by atoms with van der Waals surface area (Å²) in [6.45, 7) is 4.18. The Morgan fingerprint density at radius 2 is 0.612 bits per heavy atom. The first-order valence-electron chi connectivity index (χ1n) is 48.4. The van der Waals surface area contributed by atoms with Gasteiger partial charge in [-0.05, 0) is 73.4 Å². The molecule has 0 aliphatic heterocycles. The smallest absolute Gasteiger partial charge is 0.329 e. The molecule has 11 aromatic heterocycles. The first-order chi connectivity index (χ1) is 63.2. The van der Waals surface area contributed by atoms with E-state index in [-0.39, 0.29) is 16.4 Å². The Balaban J connectivity index is 0.000000253. The summed E-state index contributed by atoms with van der Waals surface area (Å²) in [5.74, 6) is 0. The average Bonchev–Trinajstić information content (AvgIpc) is 1.65. The number of aryl methyl sites for hydroxylation is 8. The first kappa shape index (κ1) is 110. The van der Waals surface area contributed by atoms with Gasteiger partial charge in [-0.2, -0.15) is 19.8 Å². The zero-order valence-electron chi connectivity index (χ0n) is 77.4. The van der Waals surface area contributed by atoms with Gasteiger partial charge in [0.2, 0.25) is 5.28 Å². The van der Waals surface area contributed by atoms with Crippen LogP contribution in [0.1, 0.15) is 360 Å². The Hall–Kier alpha value is -7.77. The summed E-state index contributed by atoms with van der Waals surface area (Å²) in [5.41, 5.74) is 1.47. The predicted molar refractivity (Wildman–Crippen MR) is 528 cm³/mol. The first-order valence-corrected chi connectivity index (χ1v) is 52.5. The van der Waals surface area contributed by atoms with E-state index in [2.05, 4.69) is 149 Å². The van der Waals surface area contributed by atoms with E-state index in [0.29, 0.717) is 44.3 Å². The monoisotopic (exact) mass is 2020 g/mol. The van der Waals surface area contributed by atoms with Gasteiger partial charge in [0.1, 0.15) is 11.0 Å². The van der Waals surface area contributed by atoms with E-state index in [9.17, 15) is 28.8 Å². The van der Waals surface area contributed by atoms with E-state index in [1.165, 1.54) is 364 Å². The fourth-order valence-corrected chi connectivity index (χ4v) is 17.3. The minimum Gasteiger partial charge on any atom is -0.339 e. The average molecular weight is 2030 g/mol. The van der Waals surface area contributed by atoms with Crippen LogP contribution in [0.15, 0.2) is 73.1 Å². The van der Waals surface area contributed by atoms with Crippen molar-refractivity contribution in [2.75, 3.05) is 16.0 Å². The van der Waals surface area contributed by atoms with Crippen molar-refractivity contribution in [1.82, 2.24) is 138 Å². The number of rotatable bonds is 65. The standard InChI is InChI=1S/C23H38N8O2.C22H37BrN4O2.C22H34Cl2N8.C16H32Br2.C6H6N4O2.CH2N4/c1-29-21-20(22(32)27-23(29)33)30(19-24-21)16-14-12-10-8-6-4-2-3-5-7-9-11-13-15-17-31-26-18-25-28-31;1-26-20-19(21(28)25-22(26)29)27(18-24-20)17-15-13-11-9-7-5-3-2-4-6-8-10-12-14-16-23;23-20-19-21(29-22(24)28-20)25-18-31(19)15-13-11-9-7-5-3-1-2-4-6-8-10-12-14-16-32-27-17-26-30-32;17-15-13-11-9-7-5-3-1-2-4-6-8-10-12-14-16-18;1-10-4-3(7-2-8-4)5(11)9-6(10)12;1-2-4-5-3-1/h18-19H,2-17H2,1H3,(H,27,32,33);18H,2-17H2,1H3,(H,25,28,29);17-18H,1-16H2;1-16H2;2H,1H3,(H,7,8)(H,9,11,12);1H,(H,2,3,4,5). The fraction of sp³-hybridized carbons (Fsp3) is 0.744. The molecule has 0 saturated heterocycles. The van der Waals surface area contributed by atoms with Crippen molar-refractivity contribution in [2.24, 2.45) is 21.1 Å². The molecule has 0 spiro atoms. The number of aromatic amines is 5. The van der Waals surface area contributed by atoms with Gasteiger partial charge in [-0.25, -0.2) is 39.3 Å². The molecular weight excluding hydrogens is 1880 g/mol. The van der Waals surface area contributed by atoms with Crippen LogP contribution in [0, 0.1) is 0 Å². The van der Waals surface area contributed by atoms with E-state index >= 15 is 0 Å². The SMILES string of the molecule is BrCCCCCCCCCCCCCCCCBr.Clc1nc(Cl)c2c(ncn2CCCCCCCCCCCCCCCCn2ncnn2)n1.Cn1c(=O)[nH]c(=O)c2[nH]cnc21.Cn1c(=O)[nH]c(=O)c2c1ncn2CCCCCCCCCCCCCCCCBr.Cn1c(=O)[nH]c(=O)c2c1ncn2CCCCCCCCCCCCCCCCn1ncnn1.c1nn[nH]n1. The van der Waals surface area contributed by atoms with Crippen LogP contribution in [0.25, 0.3) is 44.7 Å². The number of unbranched alkanes of at least 4 members (excludes halogenated alkanes) is 52. The van der Waals surface area contributed by atoms with Gasteiger partial charge in [0, 0.05) is 56.8 Å². The second-order valence-electron chi connectivity index (χ2n) is 33.7. The summed E-state index contributed by atoms with van der Waals surface area (Å²) in [4.78, 5) is 107. The number of fused-ring (bicyclic) bond motifs is 4. The van der Waals surface area contributed by atoms with Gasteiger partial charge >= 0.3 is 17.1 Å². The number of alkyl halides is 3. The number of aromatic nitrogens is 28. The molecule has 129 heavy (non-hydrogen) atoms. The van der Waals surface area contributed by atoms with E-state index in [4.69, 9.17) is 23.2 Å². The van der Waals surface area contributed by atoms with Crippen LogP contribution in [0.3, 0.4) is 0 Å². The molecule has 0 fully saturated rings. The normalized spacial score (nSPS) is 11.3. The maximum atomic E-state index is 12.1. The molecule has 11 aromatic rings. The Kier molecular flexibility index (Phi) is 60.5. The molecule has 0 unspecified atom stereocenters. The Labute approximate surface area is 795 Å². The van der Waals surface area contributed by atoms with Crippen LogP contribution in [0.2, 0.25) is 10.4 Å². The zero-order valence-corrected chi connectivity index (χ0v) is 83.7. The minimum atomic E-state index is -0.459. The lowest BCUT2D eigenvalue weighted by Crippen LogP contribution is -2.29. The van der Waals surface area contributed by atoms with E-state index in [1.807, 2.05) is 13.7 Å². The molecule has 0 aromatic carbocycles. The van der Waals surface area contributed by atoms with Gasteiger partial charge in [-0.3, -0.25) is 43.0 Å². The number of H-pyrrole nitrogens is 5. The molecule has 0 saturated carbocycles. The molecule has 0 aliphatic carbocycles. The molecule has 0 atom stereocenters. The van der Waals surface area contributed by atoms with Gasteiger partial charge in [-0.1, -0.05) is 373 Å². The molecule has 11 rings (SSSR count). The van der Waals surface area contributed by atoms with E-state index in [0.717, 1.165) is 88.5 Å². The molecule has 0 radical (unpaired) electrons. The van der Waals surface area contributed by atoms with Crippen LogP contribution < -0.4 is 33.7 Å². The summed E-state index contributed by atoms with van der Waals surface area (Å²) in [7, 11) is 4.80. The molecule has 0 amide bonds. The Morgan fingerprint density at radius 1 is 0.318 bits per heavy atom. The third kappa shape index (κ3) is 46.4. The molecule has 11 heterocycles. The molecule has 720 valence electrons. The summed E-state index contributed by atoms with van der Waals surface area (Å²) in [6, 6.07) is 0. The van der Waals surface area contributed by atoms with Crippen LogP contribution in [-0.2, 0) is 53.9 Å². The highest BCUT2D eigenvalue weighted by Gasteiger charge is 2.15. The highest BCUT2D eigenvalue weighted by atomic mass is 79.9. The van der Waals surface area contributed by atoms with Gasteiger partial charge in [0.15, 0.2) is 57.8 Å². The molecular formula is C90H149Br3Cl2N28O6. The molecule has 5 N–H and O–H groups in total. The number of nitrogens with zero attached hydrogens (tertiary/aromatic N) is 23. The minimum absolute atomic E-state index is 0.140. The maximum absolute atomic E-state index is 12.1. The molecule has 0 aliphatic rings. The van der Waals surface area contributed by atoms with Crippen molar-refractivity contribution < 1.29 is 0 Å². The summed E-state index contributed by atoms with van der Waals surface area (Å²) in [5, 5.41) is 39.4. The summed E-state index contributed by atoms with van der Waals surface area (Å²) >= 11 is 22.5. The second kappa shape index (κ2) is 70.9. The number of halogens is 5. The number of nitrogens with one attached hydrogen (secondary N) is 5. The lowest BCUT2D eigenvalue weighted by molar-refractivity contribution is 0.470. The lowest BCUT2D eigenvalue weighted by Gasteiger charge is -2.06. The topological polar surface area (TPSA) is 414 Å². The van der Waals surface area contributed by atoms with E-state index < -0.39 is 22.6 Å². The highest BCUT2D eigenvalue weighted by molar-refractivity contribution is 9.09. The zero-order chi connectivity index (χ0) is 92.2. The van der Waals surface area contributed by atoms with Gasteiger partial charge in [0.05, 0.1) is 38.4 Å². The van der Waals surface area contributed by atoms with Crippen molar-refractivity contribution in [3.63, 3.8) is 0 Å². The molecule has 34 nitrogen and oxygen atoms in total.